The molecule has 0 saturated carbocycles. The summed E-state index contributed by atoms with van der Waals surface area (Å²) in [6.45, 7) is 6.66. The van der Waals surface area contributed by atoms with E-state index in [-0.39, 0.29) is 17.4 Å². The number of hydrogen-bond donors (Lipinski definition) is 1. The Morgan fingerprint density at radius 3 is 2.50 bits per heavy atom. The van der Waals surface area contributed by atoms with Crippen molar-refractivity contribution in [3.05, 3.63) is 24.0 Å². The Balaban J connectivity index is 2.20. The summed E-state index contributed by atoms with van der Waals surface area (Å²) in [5.41, 5.74) is 1.67. The maximum absolute atomic E-state index is 11.7. The van der Waals surface area contributed by atoms with Crippen LogP contribution in [0.3, 0.4) is 0 Å². The van der Waals surface area contributed by atoms with Gasteiger partial charge < -0.3 is 0 Å². The molecular formula is C13H17N3O2. The second-order valence-electron chi connectivity index (χ2n) is 5.41. The number of anilines is 1. The maximum atomic E-state index is 11.7. The number of urea groups is 1. The van der Waals surface area contributed by atoms with Crippen molar-refractivity contribution in [2.24, 2.45) is 0 Å². The van der Waals surface area contributed by atoms with Crippen LogP contribution in [0.25, 0.3) is 0 Å². The molecular weight excluding hydrogens is 230 g/mol. The minimum atomic E-state index is -0.378. The summed E-state index contributed by atoms with van der Waals surface area (Å²) in [5, 5.41) is 2.29. The van der Waals surface area contributed by atoms with Crippen LogP contribution in [0.2, 0.25) is 0 Å². The van der Waals surface area contributed by atoms with Crippen LogP contribution < -0.4 is 10.2 Å². The standard InChI is InChI=1S/C13H17N3O2/c1-13(2,3)10-5-4-9(8-14-10)16-7-6-11(17)15-12(16)18/h4-5,8H,6-7H2,1-3H3,(H,15,17,18). The number of amides is 3. The zero-order valence-electron chi connectivity index (χ0n) is 10.9. The van der Waals surface area contributed by atoms with E-state index < -0.39 is 0 Å². The minimum Gasteiger partial charge on any atom is -0.292 e. The third-order valence-corrected chi connectivity index (χ3v) is 2.88. The molecule has 1 fully saturated rings. The topological polar surface area (TPSA) is 62.3 Å². The first-order chi connectivity index (χ1) is 8.38. The Labute approximate surface area is 106 Å². The molecule has 1 aromatic heterocycles. The summed E-state index contributed by atoms with van der Waals surface area (Å²) in [6.07, 6.45) is 2.00. The normalized spacial score (nSPS) is 16.7. The van der Waals surface area contributed by atoms with Crippen LogP contribution in [0, 0.1) is 0 Å². The highest BCUT2D eigenvalue weighted by Crippen LogP contribution is 2.23. The summed E-state index contributed by atoms with van der Waals surface area (Å²) in [5.74, 6) is -0.226. The first-order valence-electron chi connectivity index (χ1n) is 5.96. The van der Waals surface area contributed by atoms with Crippen molar-refractivity contribution in [1.29, 1.82) is 0 Å². The van der Waals surface area contributed by atoms with E-state index in [4.69, 9.17) is 0 Å². The molecule has 1 saturated heterocycles. The van der Waals surface area contributed by atoms with Crippen molar-refractivity contribution >= 4 is 17.6 Å². The van der Waals surface area contributed by atoms with E-state index in [1.54, 1.807) is 6.20 Å². The molecule has 0 radical (unpaired) electrons. The quantitative estimate of drug-likeness (QED) is 0.823. The van der Waals surface area contributed by atoms with Crippen LogP contribution in [0.5, 0.6) is 0 Å². The lowest BCUT2D eigenvalue weighted by Gasteiger charge is -2.27. The highest BCUT2D eigenvalue weighted by atomic mass is 16.2. The predicted molar refractivity (Wildman–Crippen MR) is 68.4 cm³/mol. The van der Waals surface area contributed by atoms with Gasteiger partial charge in [-0.05, 0) is 12.1 Å². The summed E-state index contributed by atoms with van der Waals surface area (Å²) in [7, 11) is 0. The highest BCUT2D eigenvalue weighted by Gasteiger charge is 2.24. The summed E-state index contributed by atoms with van der Waals surface area (Å²) in [6, 6.07) is 3.40. The lowest BCUT2D eigenvalue weighted by molar-refractivity contribution is -0.120. The molecule has 1 N–H and O–H groups in total. The second-order valence-corrected chi connectivity index (χ2v) is 5.41. The molecule has 1 aromatic rings. The van der Waals surface area contributed by atoms with Gasteiger partial charge in [-0.2, -0.15) is 0 Å². The molecule has 18 heavy (non-hydrogen) atoms. The molecule has 0 unspecified atom stereocenters. The van der Waals surface area contributed by atoms with Crippen molar-refractivity contribution < 1.29 is 9.59 Å². The van der Waals surface area contributed by atoms with E-state index in [1.165, 1.54) is 4.90 Å². The van der Waals surface area contributed by atoms with Crippen molar-refractivity contribution in [2.75, 3.05) is 11.4 Å². The first kappa shape index (κ1) is 12.5. The van der Waals surface area contributed by atoms with Gasteiger partial charge in [0.05, 0.1) is 11.9 Å². The monoisotopic (exact) mass is 247 g/mol. The number of aromatic nitrogens is 1. The van der Waals surface area contributed by atoms with Crippen LogP contribution in [0.15, 0.2) is 18.3 Å². The molecule has 0 bridgehead atoms. The Bertz CT molecular complexity index is 474. The molecule has 96 valence electrons. The third kappa shape index (κ3) is 2.50. The number of carbonyl (C=O) groups is 2. The van der Waals surface area contributed by atoms with E-state index in [1.807, 2.05) is 12.1 Å². The fraction of sp³-hybridized carbons (Fsp3) is 0.462. The number of nitrogens with one attached hydrogen (secondary N) is 1. The molecule has 5 heteroatoms. The minimum absolute atomic E-state index is 0.0152. The van der Waals surface area contributed by atoms with Crippen molar-refractivity contribution in [1.82, 2.24) is 10.3 Å². The van der Waals surface area contributed by atoms with E-state index in [2.05, 4.69) is 31.1 Å². The van der Waals surface area contributed by atoms with E-state index in [0.717, 1.165) is 5.69 Å². The van der Waals surface area contributed by atoms with Crippen LogP contribution in [0.4, 0.5) is 10.5 Å². The number of imide groups is 1. The van der Waals surface area contributed by atoms with E-state index in [9.17, 15) is 9.59 Å². The molecule has 3 amide bonds. The van der Waals surface area contributed by atoms with Gasteiger partial charge in [0, 0.05) is 24.1 Å². The lowest BCUT2D eigenvalue weighted by atomic mass is 9.92. The molecule has 0 atom stereocenters. The van der Waals surface area contributed by atoms with Crippen molar-refractivity contribution in [2.45, 2.75) is 32.6 Å². The highest BCUT2D eigenvalue weighted by molar-refractivity contribution is 6.05. The van der Waals surface area contributed by atoms with Crippen LogP contribution in [-0.2, 0) is 10.2 Å². The number of carbonyl (C=O) groups excluding carboxylic acids is 2. The smallest absolute Gasteiger partial charge is 0.292 e. The van der Waals surface area contributed by atoms with Gasteiger partial charge in [0.15, 0.2) is 0 Å². The number of pyridine rings is 1. The SMILES string of the molecule is CC(C)(C)c1ccc(N2CCC(=O)NC2=O)cn1. The third-order valence-electron chi connectivity index (χ3n) is 2.88. The molecule has 0 aliphatic carbocycles. The predicted octanol–water partition coefficient (Wildman–Crippen LogP) is 1.83. The lowest BCUT2D eigenvalue weighted by Crippen LogP contribution is -2.49. The van der Waals surface area contributed by atoms with Gasteiger partial charge in [0.25, 0.3) is 0 Å². The maximum Gasteiger partial charge on any atom is 0.328 e. The molecule has 5 nitrogen and oxygen atoms in total. The number of rotatable bonds is 1. The molecule has 1 aliphatic heterocycles. The van der Waals surface area contributed by atoms with Gasteiger partial charge in [-0.1, -0.05) is 20.8 Å². The molecule has 2 rings (SSSR count). The molecule has 2 heterocycles. The van der Waals surface area contributed by atoms with Gasteiger partial charge in [0.1, 0.15) is 0 Å². The van der Waals surface area contributed by atoms with Crippen LogP contribution >= 0.6 is 0 Å². The average molecular weight is 247 g/mol. The van der Waals surface area contributed by atoms with Gasteiger partial charge >= 0.3 is 6.03 Å². The fourth-order valence-corrected chi connectivity index (χ4v) is 1.80. The van der Waals surface area contributed by atoms with Crippen molar-refractivity contribution in [3.8, 4) is 0 Å². The molecule has 0 aromatic carbocycles. The average Bonchev–Trinajstić information content (AvgIpc) is 2.28. The number of hydrogen-bond acceptors (Lipinski definition) is 3. The Morgan fingerprint density at radius 1 is 1.28 bits per heavy atom. The van der Waals surface area contributed by atoms with Gasteiger partial charge in [-0.15, -0.1) is 0 Å². The van der Waals surface area contributed by atoms with Gasteiger partial charge in [-0.3, -0.25) is 20.0 Å². The second kappa shape index (κ2) is 4.40. The number of nitrogens with zero attached hydrogens (tertiary/aromatic N) is 2. The molecule has 0 spiro atoms. The van der Waals surface area contributed by atoms with Crippen LogP contribution in [-0.4, -0.2) is 23.5 Å². The van der Waals surface area contributed by atoms with E-state index in [0.29, 0.717) is 18.7 Å². The Hall–Kier alpha value is -1.91. The Kier molecular flexibility index (Phi) is 3.07. The zero-order valence-corrected chi connectivity index (χ0v) is 10.9. The zero-order chi connectivity index (χ0) is 13.3. The van der Waals surface area contributed by atoms with E-state index >= 15 is 0 Å². The van der Waals surface area contributed by atoms with Crippen LogP contribution in [0.1, 0.15) is 32.9 Å². The Morgan fingerprint density at radius 2 is 2.00 bits per heavy atom. The molecule has 1 aliphatic rings. The summed E-state index contributed by atoms with van der Waals surface area (Å²) < 4.78 is 0. The largest absolute Gasteiger partial charge is 0.328 e. The fourth-order valence-electron chi connectivity index (χ4n) is 1.80. The first-order valence-corrected chi connectivity index (χ1v) is 5.96. The van der Waals surface area contributed by atoms with Gasteiger partial charge in [-0.25, -0.2) is 4.79 Å². The summed E-state index contributed by atoms with van der Waals surface area (Å²) >= 11 is 0. The van der Waals surface area contributed by atoms with Gasteiger partial charge in [0.2, 0.25) is 5.91 Å². The van der Waals surface area contributed by atoms with Crippen molar-refractivity contribution in [3.63, 3.8) is 0 Å². The summed E-state index contributed by atoms with van der Waals surface area (Å²) in [4.78, 5) is 28.6.